The second kappa shape index (κ2) is 7.96. The summed E-state index contributed by atoms with van der Waals surface area (Å²) in [4.78, 5) is 0. The van der Waals surface area contributed by atoms with Crippen LogP contribution >= 0.6 is 0 Å². The third-order valence-electron chi connectivity index (χ3n) is 4.52. The molecular weight excluding hydrogens is 346 g/mol. The molecule has 0 spiro atoms. The summed E-state index contributed by atoms with van der Waals surface area (Å²) >= 11 is 0. The minimum atomic E-state index is 0. The number of hydrogen-bond acceptors (Lipinski definition) is 2. The first-order valence-corrected chi connectivity index (χ1v) is 8.55. The standard InChI is InChI=1S/C22H26NO2.ClH/c1-22(2,3)19-8-6-16(7-9-19)14-23-11-10-17-12-20(24-4)21(25-5)13-18(17)15-23;/h6-13,15H,14H2,1-5H3;1H/q+1;/p-1. The molecule has 1 aromatic heterocycles. The van der Waals surface area contributed by atoms with E-state index in [1.807, 2.05) is 12.1 Å². The van der Waals surface area contributed by atoms with Gasteiger partial charge in [0.05, 0.1) is 14.2 Å². The number of benzene rings is 2. The maximum Gasteiger partial charge on any atom is 0.177 e. The van der Waals surface area contributed by atoms with Gasteiger partial charge < -0.3 is 21.9 Å². The molecule has 3 rings (SSSR count). The van der Waals surface area contributed by atoms with Crippen LogP contribution in [0.4, 0.5) is 0 Å². The first kappa shape index (κ1) is 20.1. The van der Waals surface area contributed by atoms with Gasteiger partial charge in [-0.3, -0.25) is 0 Å². The minimum absolute atomic E-state index is 0. The Labute approximate surface area is 162 Å². The van der Waals surface area contributed by atoms with E-state index in [9.17, 15) is 0 Å². The molecule has 138 valence electrons. The predicted octanol–water partition coefficient (Wildman–Crippen LogP) is 1.49. The van der Waals surface area contributed by atoms with Crippen molar-refractivity contribution >= 4 is 10.8 Å². The van der Waals surface area contributed by atoms with Gasteiger partial charge in [0, 0.05) is 17.0 Å². The Morgan fingerprint density at radius 3 is 1.96 bits per heavy atom. The van der Waals surface area contributed by atoms with Gasteiger partial charge in [-0.15, -0.1) is 0 Å². The van der Waals surface area contributed by atoms with E-state index in [-0.39, 0.29) is 17.8 Å². The molecule has 0 N–H and O–H groups in total. The quantitative estimate of drug-likeness (QED) is 0.648. The molecule has 0 bridgehead atoms. The average Bonchev–Trinajstić information content (AvgIpc) is 2.60. The SMILES string of the molecule is COc1cc2cc[n+](Cc3ccc(C(C)(C)C)cc3)cc2cc1OC.[Cl-]. The van der Waals surface area contributed by atoms with Crippen molar-refractivity contribution in [2.75, 3.05) is 14.2 Å². The molecule has 0 saturated heterocycles. The summed E-state index contributed by atoms with van der Waals surface area (Å²) in [5.41, 5.74) is 2.83. The van der Waals surface area contributed by atoms with Gasteiger partial charge in [-0.1, -0.05) is 45.0 Å². The highest BCUT2D eigenvalue weighted by atomic mass is 35.5. The Morgan fingerprint density at radius 1 is 0.846 bits per heavy atom. The van der Waals surface area contributed by atoms with Crippen LogP contribution in [0, 0.1) is 0 Å². The van der Waals surface area contributed by atoms with Gasteiger partial charge >= 0.3 is 0 Å². The molecule has 0 aliphatic heterocycles. The molecule has 0 amide bonds. The zero-order valence-corrected chi connectivity index (χ0v) is 16.8. The molecule has 3 aromatic rings. The van der Waals surface area contributed by atoms with Crippen LogP contribution in [0.15, 0.2) is 54.9 Å². The van der Waals surface area contributed by atoms with E-state index in [0.29, 0.717) is 0 Å². The molecule has 4 heteroatoms. The van der Waals surface area contributed by atoms with Crippen molar-refractivity contribution in [3.05, 3.63) is 66.0 Å². The Balaban J connectivity index is 0.00000243. The van der Waals surface area contributed by atoms with E-state index in [1.54, 1.807) is 14.2 Å². The summed E-state index contributed by atoms with van der Waals surface area (Å²) in [6, 6.07) is 15.0. The fourth-order valence-corrected chi connectivity index (χ4v) is 2.98. The smallest absolute Gasteiger partial charge is 0.177 e. The number of aromatic nitrogens is 1. The number of hydrogen-bond donors (Lipinski definition) is 0. The minimum Gasteiger partial charge on any atom is -1.00 e. The average molecular weight is 372 g/mol. The van der Waals surface area contributed by atoms with Crippen molar-refractivity contribution in [3.8, 4) is 11.5 Å². The Bertz CT molecular complexity index is 883. The number of rotatable bonds is 4. The third kappa shape index (κ3) is 4.28. The number of nitrogens with zero attached hydrogens (tertiary/aromatic N) is 1. The molecule has 26 heavy (non-hydrogen) atoms. The highest BCUT2D eigenvalue weighted by Gasteiger charge is 2.14. The van der Waals surface area contributed by atoms with Crippen LogP contribution in [0.25, 0.3) is 10.8 Å². The maximum atomic E-state index is 5.41. The van der Waals surface area contributed by atoms with Crippen LogP contribution in [-0.4, -0.2) is 14.2 Å². The van der Waals surface area contributed by atoms with Gasteiger partial charge in [-0.2, -0.15) is 0 Å². The molecule has 0 aliphatic rings. The maximum absolute atomic E-state index is 5.41. The second-order valence-electron chi connectivity index (χ2n) is 7.40. The van der Waals surface area contributed by atoms with Crippen LogP contribution in [0.5, 0.6) is 11.5 Å². The van der Waals surface area contributed by atoms with Crippen molar-refractivity contribution in [3.63, 3.8) is 0 Å². The second-order valence-corrected chi connectivity index (χ2v) is 7.40. The van der Waals surface area contributed by atoms with Crippen molar-refractivity contribution in [2.45, 2.75) is 32.7 Å². The number of methoxy groups -OCH3 is 2. The van der Waals surface area contributed by atoms with E-state index < -0.39 is 0 Å². The Kier molecular flexibility index (Phi) is 6.14. The van der Waals surface area contributed by atoms with Crippen LogP contribution < -0.4 is 26.4 Å². The van der Waals surface area contributed by atoms with Crippen LogP contribution in [0.3, 0.4) is 0 Å². The molecule has 2 aromatic carbocycles. The summed E-state index contributed by atoms with van der Waals surface area (Å²) in [5, 5.41) is 2.27. The van der Waals surface area contributed by atoms with Gasteiger partial charge in [0.1, 0.15) is 0 Å². The van der Waals surface area contributed by atoms with Crippen molar-refractivity contribution in [1.82, 2.24) is 0 Å². The Morgan fingerprint density at radius 2 is 1.42 bits per heavy atom. The lowest BCUT2D eigenvalue weighted by atomic mass is 9.87. The van der Waals surface area contributed by atoms with Crippen LogP contribution in [-0.2, 0) is 12.0 Å². The largest absolute Gasteiger partial charge is 1.00 e. The number of fused-ring (bicyclic) bond motifs is 1. The molecule has 0 saturated carbocycles. The van der Waals surface area contributed by atoms with E-state index in [1.165, 1.54) is 11.1 Å². The first-order chi connectivity index (χ1) is 11.9. The van der Waals surface area contributed by atoms with E-state index in [0.717, 1.165) is 28.8 Å². The molecule has 0 aliphatic carbocycles. The fourth-order valence-electron chi connectivity index (χ4n) is 2.98. The van der Waals surface area contributed by atoms with Crippen molar-refractivity contribution in [1.29, 1.82) is 0 Å². The fraction of sp³-hybridized carbons (Fsp3) is 0.318. The van der Waals surface area contributed by atoms with Gasteiger partial charge in [0.2, 0.25) is 0 Å². The normalized spacial score (nSPS) is 11.1. The van der Waals surface area contributed by atoms with E-state index in [2.05, 4.69) is 68.1 Å². The predicted molar refractivity (Wildman–Crippen MR) is 101 cm³/mol. The zero-order valence-electron chi connectivity index (χ0n) is 16.0. The number of ether oxygens (including phenoxy) is 2. The highest BCUT2D eigenvalue weighted by molar-refractivity contribution is 5.84. The van der Waals surface area contributed by atoms with Gasteiger partial charge in [-0.05, 0) is 28.5 Å². The molecule has 3 nitrogen and oxygen atoms in total. The number of halogens is 1. The lowest BCUT2D eigenvalue weighted by Crippen LogP contribution is -3.00. The van der Waals surface area contributed by atoms with E-state index >= 15 is 0 Å². The zero-order chi connectivity index (χ0) is 18.0. The summed E-state index contributed by atoms with van der Waals surface area (Å²) in [6.45, 7) is 7.56. The monoisotopic (exact) mass is 371 g/mol. The molecule has 0 atom stereocenters. The lowest BCUT2D eigenvalue weighted by Gasteiger charge is -2.18. The molecule has 0 unspecified atom stereocenters. The van der Waals surface area contributed by atoms with Crippen LogP contribution in [0.1, 0.15) is 31.9 Å². The molecular formula is C22H26ClNO2. The highest BCUT2D eigenvalue weighted by Crippen LogP contribution is 2.31. The molecule has 1 heterocycles. The van der Waals surface area contributed by atoms with Gasteiger partial charge in [-0.25, -0.2) is 4.57 Å². The summed E-state index contributed by atoms with van der Waals surface area (Å²) < 4.78 is 13.0. The van der Waals surface area contributed by atoms with Gasteiger partial charge in [0.25, 0.3) is 0 Å². The Hall–Kier alpha value is -2.26. The third-order valence-corrected chi connectivity index (χ3v) is 4.52. The first-order valence-electron chi connectivity index (χ1n) is 8.55. The summed E-state index contributed by atoms with van der Waals surface area (Å²) in [6.07, 6.45) is 4.25. The lowest BCUT2D eigenvalue weighted by molar-refractivity contribution is -0.687. The number of pyridine rings is 1. The summed E-state index contributed by atoms with van der Waals surface area (Å²) in [7, 11) is 3.32. The van der Waals surface area contributed by atoms with Gasteiger partial charge in [0.15, 0.2) is 30.4 Å². The van der Waals surface area contributed by atoms with Crippen molar-refractivity contribution < 1.29 is 26.4 Å². The van der Waals surface area contributed by atoms with Crippen LogP contribution in [0.2, 0.25) is 0 Å². The van der Waals surface area contributed by atoms with Crippen molar-refractivity contribution in [2.24, 2.45) is 0 Å². The summed E-state index contributed by atoms with van der Waals surface area (Å²) in [5.74, 6) is 1.51. The van der Waals surface area contributed by atoms with E-state index in [4.69, 9.17) is 9.47 Å². The molecule has 0 fully saturated rings. The molecule has 0 radical (unpaired) electrons. The topological polar surface area (TPSA) is 22.3 Å².